The first-order valence-electron chi connectivity index (χ1n) is 3.07. The molecule has 0 spiro atoms. The van der Waals surface area contributed by atoms with Gasteiger partial charge in [0, 0.05) is 10.4 Å². The molecule has 1 aromatic rings. The molecule has 0 saturated heterocycles. The van der Waals surface area contributed by atoms with Crippen LogP contribution in [-0.4, -0.2) is 17.5 Å². The zero-order valence-corrected chi connectivity index (χ0v) is 9.27. The Kier molecular flexibility index (Phi) is 11.1. The van der Waals surface area contributed by atoms with Crippen molar-refractivity contribution in [2.75, 3.05) is 11.5 Å². The number of benzene rings is 1. The van der Waals surface area contributed by atoms with Gasteiger partial charge in [0.1, 0.15) is 0 Å². The molecular formula is C6H11CuN3O4S. The van der Waals surface area contributed by atoms with Gasteiger partial charge in [0.25, 0.3) is 0 Å². The summed E-state index contributed by atoms with van der Waals surface area (Å²) >= 11 is 0. The van der Waals surface area contributed by atoms with Crippen LogP contribution in [0.15, 0.2) is 24.3 Å². The molecule has 0 fully saturated rings. The fourth-order valence-corrected chi connectivity index (χ4v) is 0.511. The molecule has 1 radical (unpaired) electrons. The number of hydrogen-bond acceptors (Lipinski definition) is 7. The number of rotatable bonds is 0. The Labute approximate surface area is 98.5 Å². The quantitative estimate of drug-likeness (QED) is 0.254. The van der Waals surface area contributed by atoms with Gasteiger partial charge >= 0.3 is 17.1 Å². The van der Waals surface area contributed by atoms with Crippen LogP contribution in [-0.2, 0) is 27.5 Å². The second-order valence-electron chi connectivity index (χ2n) is 2.04. The molecule has 1 rings (SSSR count). The van der Waals surface area contributed by atoms with Crippen LogP contribution in [0.5, 0.6) is 0 Å². The van der Waals surface area contributed by atoms with Crippen LogP contribution in [0.3, 0.4) is 0 Å². The molecular weight excluding hydrogens is 274 g/mol. The second-order valence-corrected chi connectivity index (χ2v) is 2.85. The third-order valence-corrected chi connectivity index (χ3v) is 0.996. The minimum atomic E-state index is -5.17. The average molecular weight is 285 g/mol. The molecule has 0 bridgehead atoms. The van der Waals surface area contributed by atoms with Crippen molar-refractivity contribution in [3.8, 4) is 0 Å². The van der Waals surface area contributed by atoms with Crippen LogP contribution < -0.4 is 17.6 Å². The number of nitrogens with two attached hydrogens (primary N) is 2. The van der Waals surface area contributed by atoms with E-state index in [-0.39, 0.29) is 23.2 Å². The summed E-state index contributed by atoms with van der Waals surface area (Å²) in [6.45, 7) is 0. The predicted molar refractivity (Wildman–Crippen MR) is 50.8 cm³/mol. The van der Waals surface area contributed by atoms with Crippen LogP contribution >= 0.6 is 0 Å². The minimum absolute atomic E-state index is 0. The van der Waals surface area contributed by atoms with E-state index in [2.05, 4.69) is 0 Å². The predicted octanol–water partition coefficient (Wildman–Crippen LogP) is -0.328. The van der Waals surface area contributed by atoms with Crippen molar-refractivity contribution in [2.24, 2.45) is 0 Å². The van der Waals surface area contributed by atoms with Crippen LogP contribution in [0.2, 0.25) is 0 Å². The van der Waals surface area contributed by atoms with Crippen molar-refractivity contribution < 1.29 is 34.6 Å². The third-order valence-electron chi connectivity index (χ3n) is 0.996. The molecule has 1 aromatic carbocycles. The van der Waals surface area contributed by atoms with Gasteiger partial charge in [-0.05, 0) is 12.1 Å². The Morgan fingerprint density at radius 3 is 1.33 bits per heavy atom. The van der Waals surface area contributed by atoms with E-state index in [1.807, 2.05) is 12.1 Å². The maximum Gasteiger partial charge on any atom is 2.00 e. The van der Waals surface area contributed by atoms with Crippen LogP contribution in [0.1, 0.15) is 0 Å². The van der Waals surface area contributed by atoms with E-state index in [1.165, 1.54) is 0 Å². The van der Waals surface area contributed by atoms with E-state index in [9.17, 15) is 0 Å². The topological polar surface area (TPSA) is 167 Å². The first-order chi connectivity index (χ1) is 5.80. The number of para-hydroxylation sites is 2. The SMILES string of the molecule is N.Nc1ccccc1N.O=S(=O)([O-])[O-].[Cu+2]. The van der Waals surface area contributed by atoms with Gasteiger partial charge in [0.2, 0.25) is 0 Å². The Hall–Kier alpha value is -0.831. The third kappa shape index (κ3) is 15.9. The van der Waals surface area contributed by atoms with E-state index in [1.54, 1.807) is 12.1 Å². The van der Waals surface area contributed by atoms with E-state index in [0.717, 1.165) is 0 Å². The molecule has 0 aliphatic carbocycles. The fraction of sp³-hybridized carbons (Fsp3) is 0. The van der Waals surface area contributed by atoms with Gasteiger partial charge < -0.3 is 26.7 Å². The summed E-state index contributed by atoms with van der Waals surface area (Å²) in [5.74, 6) is 0. The smallest absolute Gasteiger partial charge is 0.759 e. The molecule has 0 heterocycles. The molecule has 91 valence electrons. The number of nitrogen functional groups attached to an aromatic ring is 2. The molecule has 0 saturated carbocycles. The van der Waals surface area contributed by atoms with Crippen molar-refractivity contribution in [3.05, 3.63) is 24.3 Å². The minimum Gasteiger partial charge on any atom is -0.759 e. The molecule has 7 N–H and O–H groups in total. The summed E-state index contributed by atoms with van der Waals surface area (Å²) in [6.07, 6.45) is 0. The normalized spacial score (nSPS) is 8.67. The van der Waals surface area contributed by atoms with Crippen LogP contribution in [0, 0.1) is 0 Å². The molecule has 0 unspecified atom stereocenters. The van der Waals surface area contributed by atoms with E-state index < -0.39 is 10.4 Å². The summed E-state index contributed by atoms with van der Waals surface area (Å²) in [5.41, 5.74) is 12.1. The average Bonchev–Trinajstić information content (AvgIpc) is 1.92. The van der Waals surface area contributed by atoms with Crippen molar-refractivity contribution in [1.82, 2.24) is 6.15 Å². The molecule has 0 aliphatic rings. The molecule has 0 aliphatic heterocycles. The van der Waals surface area contributed by atoms with Gasteiger partial charge in [0.15, 0.2) is 0 Å². The van der Waals surface area contributed by atoms with Gasteiger partial charge in [0.05, 0.1) is 11.4 Å². The van der Waals surface area contributed by atoms with Crippen LogP contribution in [0.25, 0.3) is 0 Å². The zero-order valence-electron chi connectivity index (χ0n) is 7.51. The summed E-state index contributed by atoms with van der Waals surface area (Å²) in [7, 11) is -5.17. The standard InChI is InChI=1S/C6H8N2.Cu.H3N.H2O4S/c7-5-3-1-2-4-6(5)8;;;1-5(2,3)4/h1-4H,7-8H2;;1H3;(H2,1,2,3,4)/q;+2;;/p-2. The molecule has 0 atom stereocenters. The maximum absolute atomic E-state index is 8.52. The van der Waals surface area contributed by atoms with Gasteiger partial charge in [-0.1, -0.05) is 12.1 Å². The first kappa shape index (κ1) is 19.7. The van der Waals surface area contributed by atoms with Crippen molar-refractivity contribution in [1.29, 1.82) is 0 Å². The fourth-order valence-electron chi connectivity index (χ4n) is 0.511. The Bertz CT molecular complexity index is 341. The van der Waals surface area contributed by atoms with E-state index in [0.29, 0.717) is 11.4 Å². The van der Waals surface area contributed by atoms with Gasteiger partial charge in [-0.15, -0.1) is 0 Å². The first-order valence-corrected chi connectivity index (χ1v) is 4.40. The van der Waals surface area contributed by atoms with E-state index >= 15 is 0 Å². The Balaban J connectivity index is -0.000000185. The molecule has 9 heteroatoms. The number of anilines is 2. The van der Waals surface area contributed by atoms with Gasteiger partial charge in [-0.3, -0.25) is 8.42 Å². The maximum atomic E-state index is 8.52. The molecule has 15 heavy (non-hydrogen) atoms. The van der Waals surface area contributed by atoms with E-state index in [4.69, 9.17) is 29.0 Å². The van der Waals surface area contributed by atoms with Crippen LogP contribution in [0.4, 0.5) is 11.4 Å². The van der Waals surface area contributed by atoms with Crippen molar-refractivity contribution >= 4 is 21.8 Å². The molecule has 7 nitrogen and oxygen atoms in total. The molecule has 0 aromatic heterocycles. The second kappa shape index (κ2) is 8.48. The summed E-state index contributed by atoms with van der Waals surface area (Å²) in [4.78, 5) is 0. The summed E-state index contributed by atoms with van der Waals surface area (Å²) in [5, 5.41) is 0. The largest absolute Gasteiger partial charge is 2.00 e. The Morgan fingerprint density at radius 1 is 1.00 bits per heavy atom. The number of hydrogen-bond donors (Lipinski definition) is 3. The monoisotopic (exact) mass is 284 g/mol. The summed E-state index contributed by atoms with van der Waals surface area (Å²) in [6, 6.07) is 7.25. The Morgan fingerprint density at radius 2 is 1.20 bits per heavy atom. The zero-order chi connectivity index (χ0) is 10.5. The van der Waals surface area contributed by atoms with Gasteiger partial charge in [-0.25, -0.2) is 0 Å². The molecule has 0 amide bonds. The van der Waals surface area contributed by atoms with Gasteiger partial charge in [-0.2, -0.15) is 0 Å². The summed E-state index contributed by atoms with van der Waals surface area (Å²) < 4.78 is 34.1. The van der Waals surface area contributed by atoms with Crippen molar-refractivity contribution in [3.63, 3.8) is 0 Å². The van der Waals surface area contributed by atoms with Crippen molar-refractivity contribution in [2.45, 2.75) is 0 Å².